The van der Waals surface area contributed by atoms with E-state index in [0.29, 0.717) is 21.8 Å². The highest BCUT2D eigenvalue weighted by Crippen LogP contribution is 2.42. The molecule has 0 radical (unpaired) electrons. The van der Waals surface area contributed by atoms with Crippen molar-refractivity contribution < 1.29 is 14.7 Å². The number of hydrogen-bond donors (Lipinski definition) is 1. The zero-order valence-corrected chi connectivity index (χ0v) is 18.3. The minimum absolute atomic E-state index is 0.0465. The van der Waals surface area contributed by atoms with Crippen LogP contribution in [-0.4, -0.2) is 16.8 Å². The zero-order chi connectivity index (χ0) is 21.4. The van der Waals surface area contributed by atoms with Gasteiger partial charge in [-0.1, -0.05) is 57.4 Å². The molecule has 3 aromatic carbocycles. The molecule has 1 N–H and O–H groups in total. The predicted octanol–water partition coefficient (Wildman–Crippen LogP) is 6.04. The molecule has 1 unspecified atom stereocenters. The monoisotopic (exact) mass is 481 g/mol. The Morgan fingerprint density at radius 2 is 1.53 bits per heavy atom. The van der Waals surface area contributed by atoms with Crippen molar-refractivity contribution >= 4 is 50.7 Å². The average Bonchev–Trinajstić information content (AvgIpc) is 3.00. The van der Waals surface area contributed by atoms with Gasteiger partial charge in [0, 0.05) is 20.7 Å². The third kappa shape index (κ3) is 3.66. The number of anilines is 1. The van der Waals surface area contributed by atoms with Crippen LogP contribution in [0, 0.1) is 6.92 Å². The lowest BCUT2D eigenvalue weighted by atomic mass is 9.95. The van der Waals surface area contributed by atoms with E-state index < -0.39 is 17.7 Å². The first-order valence-corrected chi connectivity index (χ1v) is 10.4. The summed E-state index contributed by atoms with van der Waals surface area (Å²) in [6, 6.07) is 20.4. The molecule has 0 aliphatic carbocycles. The van der Waals surface area contributed by atoms with Crippen molar-refractivity contribution in [2.24, 2.45) is 0 Å². The molecule has 1 saturated heterocycles. The summed E-state index contributed by atoms with van der Waals surface area (Å²) in [5.41, 5.74) is 2.81. The maximum atomic E-state index is 13.0. The third-order valence-corrected chi connectivity index (χ3v) is 5.84. The maximum Gasteiger partial charge on any atom is 0.300 e. The summed E-state index contributed by atoms with van der Waals surface area (Å²) >= 11 is 9.36. The fraction of sp³-hybridized carbons (Fsp3) is 0.0833. The molecule has 1 amide bonds. The van der Waals surface area contributed by atoms with Crippen molar-refractivity contribution in [3.63, 3.8) is 0 Å². The van der Waals surface area contributed by atoms with E-state index in [1.165, 1.54) is 4.90 Å². The molecule has 3 aromatic rings. The standard InChI is InChI=1S/C24H17BrClNO3/c1-14-2-12-19(13-3-14)27-21(15-4-8-17(25)9-5-15)20(23(29)24(27)30)22(28)16-6-10-18(26)11-7-16/h2-13,21,28H,1H3. The number of benzene rings is 3. The molecular weight excluding hydrogens is 466 g/mol. The summed E-state index contributed by atoms with van der Waals surface area (Å²) in [5.74, 6) is -1.63. The Balaban J connectivity index is 1.93. The van der Waals surface area contributed by atoms with E-state index in [2.05, 4.69) is 15.9 Å². The van der Waals surface area contributed by atoms with Gasteiger partial charge in [-0.3, -0.25) is 14.5 Å². The Hall–Kier alpha value is -2.89. The lowest BCUT2D eigenvalue weighted by molar-refractivity contribution is -0.132. The Morgan fingerprint density at radius 1 is 0.933 bits per heavy atom. The number of carbonyl (C=O) groups is 2. The molecule has 0 saturated carbocycles. The van der Waals surface area contributed by atoms with Gasteiger partial charge in [-0.2, -0.15) is 0 Å². The predicted molar refractivity (Wildman–Crippen MR) is 122 cm³/mol. The van der Waals surface area contributed by atoms with Crippen molar-refractivity contribution in [1.29, 1.82) is 0 Å². The van der Waals surface area contributed by atoms with Crippen LogP contribution < -0.4 is 4.90 Å². The molecule has 0 bridgehead atoms. The van der Waals surface area contributed by atoms with Gasteiger partial charge in [-0.15, -0.1) is 0 Å². The first-order valence-electron chi connectivity index (χ1n) is 9.26. The second-order valence-corrected chi connectivity index (χ2v) is 8.42. The number of hydrogen-bond acceptors (Lipinski definition) is 3. The molecule has 1 fully saturated rings. The van der Waals surface area contributed by atoms with Crippen molar-refractivity contribution in [2.45, 2.75) is 13.0 Å². The third-order valence-electron chi connectivity index (χ3n) is 5.06. The normalized spacial score (nSPS) is 18.1. The number of carbonyl (C=O) groups excluding carboxylic acids is 2. The van der Waals surface area contributed by atoms with Gasteiger partial charge < -0.3 is 5.11 Å². The fourth-order valence-corrected chi connectivity index (χ4v) is 3.92. The van der Waals surface area contributed by atoms with Crippen LogP contribution >= 0.6 is 27.5 Å². The van der Waals surface area contributed by atoms with Crippen LogP contribution in [0.25, 0.3) is 5.76 Å². The van der Waals surface area contributed by atoms with Crippen LogP contribution in [0.4, 0.5) is 5.69 Å². The Labute approximate surface area is 187 Å². The van der Waals surface area contributed by atoms with Gasteiger partial charge in [0.1, 0.15) is 5.76 Å². The van der Waals surface area contributed by atoms with Crippen LogP contribution in [0.15, 0.2) is 82.8 Å². The summed E-state index contributed by atoms with van der Waals surface area (Å²) < 4.78 is 0.872. The van der Waals surface area contributed by atoms with Gasteiger partial charge in [0.15, 0.2) is 0 Å². The number of ketones is 1. The van der Waals surface area contributed by atoms with Crippen LogP contribution in [0.3, 0.4) is 0 Å². The molecule has 30 heavy (non-hydrogen) atoms. The van der Waals surface area contributed by atoms with E-state index in [4.69, 9.17) is 11.6 Å². The van der Waals surface area contributed by atoms with E-state index in [-0.39, 0.29) is 11.3 Å². The number of Topliss-reactive ketones (excluding diaryl/α,β-unsaturated/α-hetero) is 1. The highest BCUT2D eigenvalue weighted by molar-refractivity contribution is 9.10. The number of aryl methyl sites for hydroxylation is 1. The largest absolute Gasteiger partial charge is 0.507 e. The van der Waals surface area contributed by atoms with Crippen LogP contribution in [-0.2, 0) is 9.59 Å². The number of rotatable bonds is 3. The average molecular weight is 483 g/mol. The highest BCUT2D eigenvalue weighted by Gasteiger charge is 2.46. The minimum Gasteiger partial charge on any atom is -0.507 e. The van der Waals surface area contributed by atoms with Crippen LogP contribution in [0.2, 0.25) is 5.02 Å². The number of aliphatic hydroxyl groups excluding tert-OH is 1. The van der Waals surface area contributed by atoms with Crippen molar-refractivity contribution in [3.8, 4) is 0 Å². The minimum atomic E-state index is -0.753. The van der Waals surface area contributed by atoms with Gasteiger partial charge in [-0.25, -0.2) is 0 Å². The number of amides is 1. The second-order valence-electron chi connectivity index (χ2n) is 7.06. The Bertz CT molecular complexity index is 1150. The van der Waals surface area contributed by atoms with Crippen LogP contribution in [0.1, 0.15) is 22.7 Å². The van der Waals surface area contributed by atoms with Gasteiger partial charge in [0.2, 0.25) is 0 Å². The van der Waals surface area contributed by atoms with E-state index in [1.54, 1.807) is 36.4 Å². The summed E-state index contributed by atoms with van der Waals surface area (Å²) in [7, 11) is 0. The number of aliphatic hydroxyl groups is 1. The highest BCUT2D eigenvalue weighted by atomic mass is 79.9. The molecule has 4 rings (SSSR count). The van der Waals surface area contributed by atoms with E-state index in [1.807, 2.05) is 43.3 Å². The molecular formula is C24H17BrClNO3. The maximum absolute atomic E-state index is 13.0. The number of halogens is 2. The van der Waals surface area contributed by atoms with Gasteiger partial charge in [0.05, 0.1) is 11.6 Å². The first-order chi connectivity index (χ1) is 14.4. The molecule has 1 aliphatic heterocycles. The fourth-order valence-electron chi connectivity index (χ4n) is 3.53. The Kier molecular flexibility index (Phi) is 5.50. The smallest absolute Gasteiger partial charge is 0.300 e. The zero-order valence-electron chi connectivity index (χ0n) is 16.0. The van der Waals surface area contributed by atoms with Crippen molar-refractivity contribution in [3.05, 3.63) is 105 Å². The second kappa shape index (κ2) is 8.09. The summed E-state index contributed by atoms with van der Waals surface area (Å²) in [5, 5.41) is 11.5. The molecule has 1 heterocycles. The van der Waals surface area contributed by atoms with Crippen LogP contribution in [0.5, 0.6) is 0 Å². The SMILES string of the molecule is Cc1ccc(N2C(=O)C(=O)C(=C(O)c3ccc(Cl)cc3)C2c2ccc(Br)cc2)cc1. The van der Waals surface area contributed by atoms with E-state index >= 15 is 0 Å². The molecule has 4 nitrogen and oxygen atoms in total. The molecule has 1 atom stereocenters. The summed E-state index contributed by atoms with van der Waals surface area (Å²) in [6.07, 6.45) is 0. The van der Waals surface area contributed by atoms with Crippen molar-refractivity contribution in [2.75, 3.05) is 4.90 Å². The van der Waals surface area contributed by atoms with Gasteiger partial charge >= 0.3 is 0 Å². The molecule has 0 aromatic heterocycles. The Morgan fingerprint density at radius 3 is 2.13 bits per heavy atom. The summed E-state index contributed by atoms with van der Waals surface area (Å²) in [6.45, 7) is 1.95. The van der Waals surface area contributed by atoms with Gasteiger partial charge in [0.25, 0.3) is 11.7 Å². The lowest BCUT2D eigenvalue weighted by Gasteiger charge is -2.25. The molecule has 1 aliphatic rings. The number of nitrogens with zero attached hydrogens (tertiary/aromatic N) is 1. The van der Waals surface area contributed by atoms with Crippen molar-refractivity contribution in [1.82, 2.24) is 0 Å². The molecule has 0 spiro atoms. The lowest BCUT2D eigenvalue weighted by Crippen LogP contribution is -2.29. The first kappa shape index (κ1) is 20.4. The molecule has 150 valence electrons. The van der Waals surface area contributed by atoms with Gasteiger partial charge in [-0.05, 0) is 61.0 Å². The van der Waals surface area contributed by atoms with E-state index in [9.17, 15) is 14.7 Å². The summed E-state index contributed by atoms with van der Waals surface area (Å²) in [4.78, 5) is 27.5. The topological polar surface area (TPSA) is 57.6 Å². The van der Waals surface area contributed by atoms with E-state index in [0.717, 1.165) is 10.0 Å². The molecule has 6 heteroatoms. The quantitative estimate of drug-likeness (QED) is 0.281.